The molecule has 1 aliphatic rings. The van der Waals surface area contributed by atoms with Gasteiger partial charge in [-0.3, -0.25) is 4.79 Å². The third-order valence-corrected chi connectivity index (χ3v) is 3.87. The molecule has 2 aromatic rings. The van der Waals surface area contributed by atoms with Gasteiger partial charge in [0.25, 0.3) is 5.91 Å². The van der Waals surface area contributed by atoms with E-state index < -0.39 is 12.0 Å². The summed E-state index contributed by atoms with van der Waals surface area (Å²) in [7, 11) is 0. The summed E-state index contributed by atoms with van der Waals surface area (Å²) in [5.41, 5.74) is 3.13. The van der Waals surface area contributed by atoms with E-state index in [1.54, 1.807) is 30.3 Å². The highest BCUT2D eigenvalue weighted by atomic mass is 35.5. The smallest absolute Gasteiger partial charge is 0.284 e. The second kappa shape index (κ2) is 6.89. The van der Waals surface area contributed by atoms with Crippen LogP contribution in [-0.2, 0) is 4.79 Å². The van der Waals surface area contributed by atoms with Crippen molar-refractivity contribution in [3.8, 4) is 11.5 Å². The van der Waals surface area contributed by atoms with Crippen molar-refractivity contribution < 1.29 is 14.3 Å². The third-order valence-electron chi connectivity index (χ3n) is 3.13. The second-order valence-electron chi connectivity index (χ2n) is 4.77. The van der Waals surface area contributed by atoms with E-state index >= 15 is 0 Å². The first-order chi connectivity index (χ1) is 11.1. The molecule has 0 saturated heterocycles. The van der Waals surface area contributed by atoms with E-state index in [1.807, 2.05) is 12.1 Å². The average Bonchev–Trinajstić information content (AvgIpc) is 2.57. The van der Waals surface area contributed by atoms with Gasteiger partial charge in [0.05, 0.1) is 16.3 Å². The molecule has 3 rings (SSSR count). The summed E-state index contributed by atoms with van der Waals surface area (Å²) in [5, 5.41) is 4.76. The van der Waals surface area contributed by atoms with Crippen LogP contribution in [0.4, 0.5) is 0 Å². The average molecular weight is 351 g/mol. The number of carbonyl (C=O) groups is 1. The molecule has 118 valence electrons. The molecule has 0 bridgehead atoms. The monoisotopic (exact) mass is 350 g/mol. The van der Waals surface area contributed by atoms with E-state index in [4.69, 9.17) is 32.7 Å². The Morgan fingerprint density at radius 1 is 1.17 bits per heavy atom. The van der Waals surface area contributed by atoms with Gasteiger partial charge in [0.15, 0.2) is 11.5 Å². The maximum atomic E-state index is 12.0. The highest BCUT2D eigenvalue weighted by Crippen LogP contribution is 2.30. The minimum absolute atomic E-state index is 0.130. The van der Waals surface area contributed by atoms with Crippen molar-refractivity contribution in [3.63, 3.8) is 0 Å². The summed E-state index contributed by atoms with van der Waals surface area (Å²) in [6.07, 6.45) is 0.716. The van der Waals surface area contributed by atoms with Crippen LogP contribution < -0.4 is 14.9 Å². The van der Waals surface area contributed by atoms with Crippen LogP contribution in [-0.4, -0.2) is 24.8 Å². The summed E-state index contributed by atoms with van der Waals surface area (Å²) >= 11 is 11.7. The van der Waals surface area contributed by atoms with Crippen molar-refractivity contribution in [2.24, 2.45) is 5.10 Å². The molecule has 5 nitrogen and oxygen atoms in total. The molecule has 7 heteroatoms. The molecule has 0 aliphatic carbocycles. The lowest BCUT2D eigenvalue weighted by atomic mass is 10.2. The summed E-state index contributed by atoms with van der Waals surface area (Å²) in [5.74, 6) is 0.763. The lowest BCUT2D eigenvalue weighted by Crippen LogP contribution is -2.42. The zero-order chi connectivity index (χ0) is 16.2. The lowest BCUT2D eigenvalue weighted by molar-refractivity contribution is -0.130. The SMILES string of the molecule is O=C(NN=Cc1ccc(Cl)c(Cl)c1)C1COc2ccccc2O1. The number of ether oxygens (including phenoxy) is 2. The minimum Gasteiger partial charge on any atom is -0.485 e. The first-order valence-corrected chi connectivity index (χ1v) is 7.55. The number of para-hydroxylation sites is 2. The second-order valence-corrected chi connectivity index (χ2v) is 5.59. The van der Waals surface area contributed by atoms with Crippen molar-refractivity contribution in [1.82, 2.24) is 5.43 Å². The highest BCUT2D eigenvalue weighted by molar-refractivity contribution is 6.42. The van der Waals surface area contributed by atoms with Crippen molar-refractivity contribution in [3.05, 3.63) is 58.1 Å². The zero-order valence-corrected chi connectivity index (χ0v) is 13.3. The molecule has 1 atom stereocenters. The van der Waals surface area contributed by atoms with E-state index in [9.17, 15) is 4.79 Å². The Bertz CT molecular complexity index is 765. The van der Waals surface area contributed by atoms with Crippen molar-refractivity contribution in [1.29, 1.82) is 0 Å². The Kier molecular flexibility index (Phi) is 4.69. The Balaban J connectivity index is 1.59. The van der Waals surface area contributed by atoms with Crippen LogP contribution in [0.5, 0.6) is 11.5 Å². The predicted octanol–water partition coefficient (Wildman–Crippen LogP) is 3.28. The summed E-state index contributed by atoms with van der Waals surface area (Å²) < 4.78 is 11.1. The molecule has 1 aliphatic heterocycles. The van der Waals surface area contributed by atoms with Crippen LogP contribution in [0.25, 0.3) is 0 Å². The fourth-order valence-corrected chi connectivity index (χ4v) is 2.29. The van der Waals surface area contributed by atoms with Gasteiger partial charge in [0.1, 0.15) is 6.61 Å². The van der Waals surface area contributed by atoms with E-state index in [0.29, 0.717) is 27.1 Å². The number of nitrogens with one attached hydrogen (secondary N) is 1. The fraction of sp³-hybridized carbons (Fsp3) is 0.125. The normalized spacial score (nSPS) is 16.3. The van der Waals surface area contributed by atoms with Gasteiger partial charge in [-0.2, -0.15) is 5.10 Å². The molecule has 23 heavy (non-hydrogen) atoms. The molecule has 0 spiro atoms. The molecule has 0 radical (unpaired) electrons. The van der Waals surface area contributed by atoms with Crippen molar-refractivity contribution in [2.75, 3.05) is 6.61 Å². The quantitative estimate of drug-likeness (QED) is 0.682. The van der Waals surface area contributed by atoms with Gasteiger partial charge < -0.3 is 9.47 Å². The molecule has 1 heterocycles. The minimum atomic E-state index is -0.754. The fourth-order valence-electron chi connectivity index (χ4n) is 1.98. The van der Waals surface area contributed by atoms with Gasteiger partial charge in [0, 0.05) is 0 Å². The van der Waals surface area contributed by atoms with Crippen LogP contribution in [0.2, 0.25) is 10.0 Å². The van der Waals surface area contributed by atoms with E-state index in [0.717, 1.165) is 0 Å². The topological polar surface area (TPSA) is 59.9 Å². The molecule has 1 N–H and O–H groups in total. The number of fused-ring (bicyclic) bond motifs is 1. The lowest BCUT2D eigenvalue weighted by Gasteiger charge is -2.24. The summed E-state index contributed by atoms with van der Waals surface area (Å²) in [6.45, 7) is 0.130. The van der Waals surface area contributed by atoms with Crippen LogP contribution in [0, 0.1) is 0 Å². The third kappa shape index (κ3) is 3.75. The van der Waals surface area contributed by atoms with Crippen LogP contribution >= 0.6 is 23.2 Å². The molecule has 1 amide bonds. The van der Waals surface area contributed by atoms with E-state index in [2.05, 4.69) is 10.5 Å². The van der Waals surface area contributed by atoms with Crippen LogP contribution in [0.15, 0.2) is 47.6 Å². The predicted molar refractivity (Wildman–Crippen MR) is 88.6 cm³/mol. The first-order valence-electron chi connectivity index (χ1n) is 6.80. The van der Waals surface area contributed by atoms with Gasteiger partial charge >= 0.3 is 0 Å². The van der Waals surface area contributed by atoms with E-state index in [1.165, 1.54) is 6.21 Å². The largest absolute Gasteiger partial charge is 0.485 e. The van der Waals surface area contributed by atoms with Gasteiger partial charge in [-0.25, -0.2) is 5.43 Å². The Hall–Kier alpha value is -2.24. The van der Waals surface area contributed by atoms with Gasteiger partial charge in [-0.1, -0.05) is 41.4 Å². The number of benzene rings is 2. The molecule has 0 aromatic heterocycles. The first kappa shape index (κ1) is 15.6. The molecule has 1 unspecified atom stereocenters. The van der Waals surface area contributed by atoms with E-state index in [-0.39, 0.29) is 6.61 Å². The van der Waals surface area contributed by atoms with Gasteiger partial charge in [-0.15, -0.1) is 0 Å². The summed E-state index contributed by atoms with van der Waals surface area (Å²) in [4.78, 5) is 12.0. The summed E-state index contributed by atoms with van der Waals surface area (Å²) in [6, 6.07) is 12.2. The van der Waals surface area contributed by atoms with Crippen LogP contribution in [0.1, 0.15) is 5.56 Å². The number of rotatable bonds is 3. The van der Waals surface area contributed by atoms with Gasteiger partial charge in [0.2, 0.25) is 6.10 Å². The van der Waals surface area contributed by atoms with Crippen molar-refractivity contribution in [2.45, 2.75) is 6.10 Å². The maximum Gasteiger partial charge on any atom is 0.284 e. The molecule has 0 fully saturated rings. The van der Waals surface area contributed by atoms with Crippen LogP contribution in [0.3, 0.4) is 0 Å². The zero-order valence-electron chi connectivity index (χ0n) is 11.8. The Morgan fingerprint density at radius 2 is 1.96 bits per heavy atom. The molecular formula is C16H12Cl2N2O3. The van der Waals surface area contributed by atoms with Gasteiger partial charge in [-0.05, 0) is 29.8 Å². The Morgan fingerprint density at radius 3 is 2.74 bits per heavy atom. The number of hydrogen-bond acceptors (Lipinski definition) is 4. The Labute approximate surface area is 142 Å². The number of halogens is 2. The molecule has 2 aromatic carbocycles. The van der Waals surface area contributed by atoms with Crippen molar-refractivity contribution >= 4 is 35.3 Å². The number of amides is 1. The highest BCUT2D eigenvalue weighted by Gasteiger charge is 2.26. The number of carbonyl (C=O) groups excluding carboxylic acids is 1. The molecule has 0 saturated carbocycles. The number of hydrogen-bond donors (Lipinski definition) is 1. The number of nitrogens with zero attached hydrogens (tertiary/aromatic N) is 1. The standard InChI is InChI=1S/C16H12Cl2N2O3/c17-11-6-5-10(7-12(11)18)8-19-20-16(21)15-9-22-13-3-1-2-4-14(13)23-15/h1-8,15H,9H2,(H,20,21). The molecular weight excluding hydrogens is 339 g/mol. The number of hydrazone groups is 1. The maximum absolute atomic E-state index is 12.0.